The summed E-state index contributed by atoms with van der Waals surface area (Å²) in [5.41, 5.74) is 1.76. The van der Waals surface area contributed by atoms with Crippen molar-refractivity contribution in [1.29, 1.82) is 0 Å². The number of anilines is 1. The van der Waals surface area contributed by atoms with Crippen molar-refractivity contribution in [2.45, 2.75) is 50.8 Å². The van der Waals surface area contributed by atoms with Crippen molar-refractivity contribution in [3.8, 4) is 0 Å². The number of ether oxygens (including phenoxy) is 2. The lowest BCUT2D eigenvalue weighted by Gasteiger charge is -2.24. The molecule has 5 rings (SSSR count). The third-order valence-corrected chi connectivity index (χ3v) is 6.16. The number of fused-ring (bicyclic) bond motifs is 1. The summed E-state index contributed by atoms with van der Waals surface area (Å²) in [4.78, 5) is 21.7. The second kappa shape index (κ2) is 8.66. The van der Waals surface area contributed by atoms with Gasteiger partial charge in [0, 0.05) is 24.9 Å². The fraction of sp³-hybridized carbons (Fsp3) is 0.417. The molecule has 33 heavy (non-hydrogen) atoms. The van der Waals surface area contributed by atoms with Gasteiger partial charge in [-0.25, -0.2) is 9.97 Å². The molecule has 1 saturated carbocycles. The molecule has 1 saturated heterocycles. The van der Waals surface area contributed by atoms with E-state index in [0.717, 1.165) is 5.56 Å². The first kappa shape index (κ1) is 21.7. The van der Waals surface area contributed by atoms with Crippen molar-refractivity contribution in [2.75, 3.05) is 11.9 Å². The molecule has 2 fully saturated rings. The van der Waals surface area contributed by atoms with Gasteiger partial charge in [0.2, 0.25) is 5.78 Å². The van der Waals surface area contributed by atoms with Crippen LogP contribution in [0.5, 0.6) is 0 Å². The molecule has 2 N–H and O–H groups in total. The molecule has 4 atom stereocenters. The minimum absolute atomic E-state index is 0.00714. The standard InChI is InChI=1S/C24H27N5O4/c1-24(2)32-21-16(13-30)10-19(22(21)33-24)27-23-17(11-25-14-26-23)20(31)18-8-9-29(28-18)12-15-6-4-3-5-7-15/h3-9,11,14,16,19,21-22,30H,10,12-13H2,1-2H3,(H,25,26,27)/t16-,19-,21-,22+/m1/s1. The van der Waals surface area contributed by atoms with Crippen LogP contribution in [0.3, 0.4) is 0 Å². The van der Waals surface area contributed by atoms with Gasteiger partial charge in [0.1, 0.15) is 23.9 Å². The lowest BCUT2D eigenvalue weighted by Crippen LogP contribution is -2.35. The van der Waals surface area contributed by atoms with Gasteiger partial charge in [-0.1, -0.05) is 30.3 Å². The van der Waals surface area contributed by atoms with Crippen molar-refractivity contribution in [3.05, 3.63) is 71.9 Å². The Morgan fingerprint density at radius 1 is 1.21 bits per heavy atom. The first-order valence-corrected chi connectivity index (χ1v) is 11.1. The van der Waals surface area contributed by atoms with E-state index in [1.165, 1.54) is 12.5 Å². The summed E-state index contributed by atoms with van der Waals surface area (Å²) in [7, 11) is 0. The van der Waals surface area contributed by atoms with Crippen LogP contribution in [0, 0.1) is 5.92 Å². The average Bonchev–Trinajstić information content (AvgIpc) is 3.48. The number of aliphatic hydroxyl groups is 1. The predicted octanol–water partition coefficient (Wildman–Crippen LogP) is 2.27. The minimum atomic E-state index is -0.723. The van der Waals surface area contributed by atoms with E-state index in [1.54, 1.807) is 16.9 Å². The van der Waals surface area contributed by atoms with Gasteiger partial charge in [0.25, 0.3) is 0 Å². The summed E-state index contributed by atoms with van der Waals surface area (Å²) < 4.78 is 13.8. The van der Waals surface area contributed by atoms with Gasteiger partial charge < -0.3 is 19.9 Å². The highest BCUT2D eigenvalue weighted by atomic mass is 16.8. The van der Waals surface area contributed by atoms with Gasteiger partial charge in [-0.15, -0.1) is 0 Å². The zero-order valence-corrected chi connectivity index (χ0v) is 18.6. The number of carbonyl (C=O) groups is 1. The number of ketones is 1. The molecule has 2 aliphatic rings. The molecule has 3 heterocycles. The lowest BCUT2D eigenvalue weighted by molar-refractivity contribution is -0.158. The number of hydrogen-bond acceptors (Lipinski definition) is 8. The van der Waals surface area contributed by atoms with Crippen LogP contribution in [0.15, 0.2) is 55.1 Å². The van der Waals surface area contributed by atoms with Crippen LogP contribution in [0.1, 0.15) is 41.9 Å². The summed E-state index contributed by atoms with van der Waals surface area (Å²) in [6.07, 6.45) is 4.87. The molecule has 9 heteroatoms. The Hall–Kier alpha value is -3.14. The van der Waals surface area contributed by atoms with E-state index < -0.39 is 5.79 Å². The highest BCUT2D eigenvalue weighted by molar-refractivity contribution is 6.10. The molecule has 2 aromatic heterocycles. The first-order valence-electron chi connectivity index (χ1n) is 11.1. The van der Waals surface area contributed by atoms with Crippen molar-refractivity contribution in [3.63, 3.8) is 0 Å². The van der Waals surface area contributed by atoms with E-state index in [0.29, 0.717) is 30.0 Å². The van der Waals surface area contributed by atoms with Gasteiger partial charge in [0.15, 0.2) is 5.79 Å². The van der Waals surface area contributed by atoms with E-state index in [4.69, 9.17) is 9.47 Å². The number of aromatic nitrogens is 4. The fourth-order valence-electron chi connectivity index (χ4n) is 4.67. The van der Waals surface area contributed by atoms with Crippen LogP contribution >= 0.6 is 0 Å². The van der Waals surface area contributed by atoms with E-state index in [-0.39, 0.29) is 36.6 Å². The topological polar surface area (TPSA) is 111 Å². The van der Waals surface area contributed by atoms with Gasteiger partial charge in [0.05, 0.1) is 24.3 Å². The molecule has 0 bridgehead atoms. The van der Waals surface area contributed by atoms with Gasteiger partial charge in [-0.3, -0.25) is 9.48 Å². The highest BCUT2D eigenvalue weighted by Gasteiger charge is 2.54. The monoisotopic (exact) mass is 449 g/mol. The number of nitrogens with one attached hydrogen (secondary N) is 1. The molecule has 0 spiro atoms. The third kappa shape index (κ3) is 4.39. The Kier molecular flexibility index (Phi) is 5.69. The van der Waals surface area contributed by atoms with Crippen LogP contribution in [0.2, 0.25) is 0 Å². The first-order chi connectivity index (χ1) is 15.9. The lowest BCUT2D eigenvalue weighted by atomic mass is 10.1. The van der Waals surface area contributed by atoms with Crippen LogP contribution in [-0.2, 0) is 16.0 Å². The smallest absolute Gasteiger partial charge is 0.218 e. The molecule has 9 nitrogen and oxygen atoms in total. The molecule has 0 unspecified atom stereocenters. The number of benzene rings is 1. The Morgan fingerprint density at radius 3 is 2.79 bits per heavy atom. The van der Waals surface area contributed by atoms with Crippen LogP contribution < -0.4 is 5.32 Å². The summed E-state index contributed by atoms with van der Waals surface area (Å²) in [6.45, 7) is 4.31. The summed E-state index contributed by atoms with van der Waals surface area (Å²) in [6, 6.07) is 11.5. The maximum Gasteiger partial charge on any atom is 0.218 e. The SMILES string of the molecule is CC1(C)O[C@@H]2[C@@H](CO)C[C@@H](Nc3ncncc3C(=O)c3ccn(Cc4ccccc4)n3)[C@@H]2O1. The Bertz CT molecular complexity index is 1130. The van der Waals surface area contributed by atoms with E-state index >= 15 is 0 Å². The van der Waals surface area contributed by atoms with Gasteiger partial charge >= 0.3 is 0 Å². The highest BCUT2D eigenvalue weighted by Crippen LogP contribution is 2.42. The van der Waals surface area contributed by atoms with Crippen molar-refractivity contribution < 1.29 is 19.4 Å². The number of nitrogens with zero attached hydrogens (tertiary/aromatic N) is 4. The Morgan fingerprint density at radius 2 is 2.00 bits per heavy atom. The minimum Gasteiger partial charge on any atom is -0.396 e. The van der Waals surface area contributed by atoms with Crippen molar-refractivity contribution in [1.82, 2.24) is 19.7 Å². The third-order valence-electron chi connectivity index (χ3n) is 6.16. The maximum atomic E-state index is 13.3. The summed E-state index contributed by atoms with van der Waals surface area (Å²) in [5.74, 6) is -0.617. The summed E-state index contributed by atoms with van der Waals surface area (Å²) >= 11 is 0. The molecule has 0 radical (unpaired) electrons. The number of hydrogen-bond donors (Lipinski definition) is 2. The van der Waals surface area contributed by atoms with Gasteiger partial charge in [-0.05, 0) is 31.9 Å². The quantitative estimate of drug-likeness (QED) is 0.529. The maximum absolute atomic E-state index is 13.3. The number of rotatable bonds is 7. The van der Waals surface area contributed by atoms with Crippen LogP contribution in [-0.4, -0.2) is 61.3 Å². The predicted molar refractivity (Wildman–Crippen MR) is 120 cm³/mol. The van der Waals surface area contributed by atoms with Crippen LogP contribution in [0.25, 0.3) is 0 Å². The molecular weight excluding hydrogens is 422 g/mol. The van der Waals surface area contributed by atoms with E-state index in [2.05, 4.69) is 20.4 Å². The fourth-order valence-corrected chi connectivity index (χ4v) is 4.67. The van der Waals surface area contributed by atoms with Gasteiger partial charge in [-0.2, -0.15) is 5.10 Å². The normalized spacial score (nSPS) is 25.7. The second-order valence-corrected chi connectivity index (χ2v) is 8.99. The molecule has 1 aliphatic carbocycles. The Labute approximate surface area is 191 Å². The Balaban J connectivity index is 1.35. The molecule has 3 aromatic rings. The largest absolute Gasteiger partial charge is 0.396 e. The van der Waals surface area contributed by atoms with E-state index in [1.807, 2.05) is 44.2 Å². The zero-order valence-electron chi connectivity index (χ0n) is 18.6. The number of carbonyl (C=O) groups excluding carboxylic acids is 1. The molecule has 1 aromatic carbocycles. The second-order valence-electron chi connectivity index (χ2n) is 8.99. The molecule has 1 aliphatic heterocycles. The average molecular weight is 450 g/mol. The van der Waals surface area contributed by atoms with Crippen molar-refractivity contribution >= 4 is 11.6 Å². The van der Waals surface area contributed by atoms with E-state index in [9.17, 15) is 9.90 Å². The van der Waals surface area contributed by atoms with Crippen LogP contribution in [0.4, 0.5) is 5.82 Å². The zero-order chi connectivity index (χ0) is 23.0. The molecular formula is C24H27N5O4. The summed E-state index contributed by atoms with van der Waals surface area (Å²) in [5, 5.41) is 17.6. The number of aliphatic hydroxyl groups excluding tert-OH is 1. The molecule has 172 valence electrons. The van der Waals surface area contributed by atoms with Crippen molar-refractivity contribution in [2.24, 2.45) is 5.92 Å². The molecule has 0 amide bonds.